The summed E-state index contributed by atoms with van der Waals surface area (Å²) >= 11 is 0. The van der Waals surface area contributed by atoms with E-state index in [2.05, 4.69) is 15.6 Å². The Labute approximate surface area is 149 Å². The Morgan fingerprint density at radius 2 is 1.93 bits per heavy atom. The van der Waals surface area contributed by atoms with Crippen LogP contribution in [0.25, 0.3) is 0 Å². The van der Waals surface area contributed by atoms with Crippen LogP contribution < -0.4 is 10.6 Å². The van der Waals surface area contributed by atoms with Crippen LogP contribution in [0.3, 0.4) is 0 Å². The number of alkyl halides is 3. The van der Waals surface area contributed by atoms with Crippen LogP contribution >= 0.6 is 0 Å². The van der Waals surface area contributed by atoms with Crippen LogP contribution in [0.15, 0.2) is 36.5 Å². The third-order valence-electron chi connectivity index (χ3n) is 4.18. The van der Waals surface area contributed by atoms with E-state index < -0.39 is 52.8 Å². The van der Waals surface area contributed by atoms with Gasteiger partial charge in [0.2, 0.25) is 11.8 Å². The molecular weight excluding hydrogens is 373 g/mol. The lowest BCUT2D eigenvalue weighted by Crippen LogP contribution is -2.32. The maximum atomic E-state index is 13.7. The number of rotatable bonds is 3. The zero-order valence-corrected chi connectivity index (χ0v) is 13.5. The lowest BCUT2D eigenvalue weighted by molar-refractivity contribution is -0.141. The molecule has 3 rings (SSSR count). The Morgan fingerprint density at radius 3 is 2.56 bits per heavy atom. The molecule has 27 heavy (non-hydrogen) atoms. The van der Waals surface area contributed by atoms with Gasteiger partial charge in [0.25, 0.3) is 0 Å². The molecule has 2 heterocycles. The summed E-state index contributed by atoms with van der Waals surface area (Å²) < 4.78 is 64.8. The maximum absolute atomic E-state index is 13.7. The van der Waals surface area contributed by atoms with E-state index in [1.807, 2.05) is 0 Å². The normalized spacial score (nSPS) is 19.7. The minimum Gasteiger partial charge on any atom is -0.355 e. The first kappa shape index (κ1) is 18.7. The molecule has 2 unspecified atom stereocenters. The number of carbonyl (C=O) groups is 2. The Morgan fingerprint density at radius 1 is 1.19 bits per heavy atom. The van der Waals surface area contributed by atoms with Gasteiger partial charge in [0, 0.05) is 18.7 Å². The first-order valence-corrected chi connectivity index (χ1v) is 7.74. The summed E-state index contributed by atoms with van der Waals surface area (Å²) in [5, 5.41) is 4.58. The highest BCUT2D eigenvalue weighted by molar-refractivity contribution is 6.08. The number of aromatic nitrogens is 1. The quantitative estimate of drug-likeness (QED) is 0.631. The Kier molecular flexibility index (Phi) is 4.81. The zero-order chi connectivity index (χ0) is 19.8. The predicted molar refractivity (Wildman–Crippen MR) is 83.5 cm³/mol. The molecule has 0 aliphatic carbocycles. The molecule has 1 aromatic heterocycles. The molecule has 2 N–H and O–H groups in total. The topological polar surface area (TPSA) is 71.1 Å². The van der Waals surface area contributed by atoms with E-state index in [4.69, 9.17) is 0 Å². The zero-order valence-electron chi connectivity index (χ0n) is 13.5. The molecule has 2 amide bonds. The third-order valence-corrected chi connectivity index (χ3v) is 4.18. The first-order chi connectivity index (χ1) is 12.7. The highest BCUT2D eigenvalue weighted by Gasteiger charge is 2.42. The minimum absolute atomic E-state index is 0.00437. The van der Waals surface area contributed by atoms with Crippen LogP contribution in [-0.4, -0.2) is 23.3 Å². The lowest BCUT2D eigenvalue weighted by Gasteiger charge is -2.17. The second-order valence-corrected chi connectivity index (χ2v) is 5.89. The highest BCUT2D eigenvalue weighted by Crippen LogP contribution is 2.32. The number of pyridine rings is 1. The number of anilines is 1. The van der Waals surface area contributed by atoms with Gasteiger partial charge < -0.3 is 10.6 Å². The molecule has 0 bridgehead atoms. The predicted octanol–water partition coefficient (Wildman–Crippen LogP) is 2.85. The van der Waals surface area contributed by atoms with Gasteiger partial charge in [-0.1, -0.05) is 12.1 Å². The van der Waals surface area contributed by atoms with Crippen LogP contribution in [0.4, 0.5) is 27.6 Å². The van der Waals surface area contributed by atoms with E-state index in [0.29, 0.717) is 0 Å². The van der Waals surface area contributed by atoms with Crippen molar-refractivity contribution in [2.75, 3.05) is 11.9 Å². The Balaban J connectivity index is 1.84. The SMILES string of the molecule is O=C1NCC(c2ccc(C(F)(F)F)nc2)C1C(=O)Nc1cccc(F)c1F. The number of amides is 2. The molecule has 1 saturated heterocycles. The average Bonchev–Trinajstić information content (AvgIpc) is 3.00. The van der Waals surface area contributed by atoms with Gasteiger partial charge in [0.1, 0.15) is 11.6 Å². The summed E-state index contributed by atoms with van der Waals surface area (Å²) in [6.45, 7) is -0.00437. The van der Waals surface area contributed by atoms with Crippen molar-refractivity contribution >= 4 is 17.5 Å². The van der Waals surface area contributed by atoms with E-state index in [-0.39, 0.29) is 12.1 Å². The van der Waals surface area contributed by atoms with E-state index >= 15 is 0 Å². The van der Waals surface area contributed by atoms with E-state index in [1.54, 1.807) is 0 Å². The molecule has 1 aliphatic heterocycles. The van der Waals surface area contributed by atoms with Crippen LogP contribution in [-0.2, 0) is 15.8 Å². The van der Waals surface area contributed by atoms with Gasteiger partial charge >= 0.3 is 6.18 Å². The fraction of sp³-hybridized carbons (Fsp3) is 0.235. The molecule has 1 aliphatic rings. The number of nitrogens with one attached hydrogen (secondary N) is 2. The molecule has 1 aromatic carbocycles. The molecule has 10 heteroatoms. The van der Waals surface area contributed by atoms with E-state index in [9.17, 15) is 31.5 Å². The largest absolute Gasteiger partial charge is 0.433 e. The fourth-order valence-electron chi connectivity index (χ4n) is 2.84. The number of hydrogen-bond donors (Lipinski definition) is 2. The summed E-state index contributed by atoms with van der Waals surface area (Å²) in [7, 11) is 0. The van der Waals surface area contributed by atoms with Crippen molar-refractivity contribution in [3.8, 4) is 0 Å². The van der Waals surface area contributed by atoms with Crippen molar-refractivity contribution in [3.63, 3.8) is 0 Å². The lowest BCUT2D eigenvalue weighted by atomic mass is 9.88. The van der Waals surface area contributed by atoms with E-state index in [1.165, 1.54) is 6.07 Å². The van der Waals surface area contributed by atoms with Gasteiger partial charge in [-0.15, -0.1) is 0 Å². The summed E-state index contributed by atoms with van der Waals surface area (Å²) in [4.78, 5) is 27.8. The minimum atomic E-state index is -4.62. The molecule has 142 valence electrons. The summed E-state index contributed by atoms with van der Waals surface area (Å²) in [5.74, 6) is -6.16. The van der Waals surface area contributed by atoms with Gasteiger partial charge in [-0.25, -0.2) is 8.78 Å². The van der Waals surface area contributed by atoms with Crippen LogP contribution in [0, 0.1) is 17.6 Å². The maximum Gasteiger partial charge on any atom is 0.433 e. The molecule has 5 nitrogen and oxygen atoms in total. The van der Waals surface area contributed by atoms with E-state index in [0.717, 1.165) is 30.5 Å². The van der Waals surface area contributed by atoms with Gasteiger partial charge in [0.05, 0.1) is 5.69 Å². The second kappa shape index (κ2) is 6.93. The molecule has 0 radical (unpaired) electrons. The Hall–Kier alpha value is -3.04. The summed E-state index contributed by atoms with van der Waals surface area (Å²) in [6.07, 6.45) is -3.68. The van der Waals surface area contributed by atoms with Gasteiger partial charge in [-0.3, -0.25) is 14.6 Å². The van der Waals surface area contributed by atoms with Crippen molar-refractivity contribution in [2.45, 2.75) is 12.1 Å². The van der Waals surface area contributed by atoms with Crippen molar-refractivity contribution < 1.29 is 31.5 Å². The molecule has 0 spiro atoms. The second-order valence-electron chi connectivity index (χ2n) is 5.89. The van der Waals surface area contributed by atoms with Crippen molar-refractivity contribution in [1.29, 1.82) is 0 Å². The van der Waals surface area contributed by atoms with Crippen molar-refractivity contribution in [3.05, 3.63) is 59.4 Å². The summed E-state index contributed by atoms with van der Waals surface area (Å²) in [5.41, 5.74) is -1.31. The van der Waals surface area contributed by atoms with Gasteiger partial charge in [-0.2, -0.15) is 13.2 Å². The molecule has 2 atom stereocenters. The molecular formula is C17H12F5N3O2. The number of halogens is 5. The molecule has 0 saturated carbocycles. The highest BCUT2D eigenvalue weighted by atomic mass is 19.4. The Bertz CT molecular complexity index is 883. The first-order valence-electron chi connectivity index (χ1n) is 7.74. The third kappa shape index (κ3) is 3.74. The fourth-order valence-corrected chi connectivity index (χ4v) is 2.84. The number of hydrogen-bond acceptors (Lipinski definition) is 3. The molecule has 1 fully saturated rings. The average molecular weight is 385 g/mol. The molecule has 2 aromatic rings. The smallest absolute Gasteiger partial charge is 0.355 e. The monoisotopic (exact) mass is 385 g/mol. The summed E-state index contributed by atoms with van der Waals surface area (Å²) in [6, 6.07) is 5.05. The van der Waals surface area contributed by atoms with Gasteiger partial charge in [-0.05, 0) is 23.8 Å². The van der Waals surface area contributed by atoms with Crippen LogP contribution in [0.2, 0.25) is 0 Å². The van der Waals surface area contributed by atoms with Crippen LogP contribution in [0.1, 0.15) is 17.2 Å². The standard InChI is InChI=1S/C17H12F5N3O2/c18-10-2-1-3-11(14(10)19)25-16(27)13-9(7-24-15(13)26)8-4-5-12(23-6-8)17(20,21)22/h1-6,9,13H,7H2,(H,24,26)(H,25,27). The number of carbonyl (C=O) groups excluding carboxylic acids is 2. The van der Waals surface area contributed by atoms with Crippen molar-refractivity contribution in [2.24, 2.45) is 5.92 Å². The van der Waals surface area contributed by atoms with Gasteiger partial charge in [0.15, 0.2) is 11.6 Å². The van der Waals surface area contributed by atoms with Crippen LogP contribution in [0.5, 0.6) is 0 Å². The number of nitrogens with zero attached hydrogens (tertiary/aromatic N) is 1. The number of benzene rings is 1. The van der Waals surface area contributed by atoms with Crippen molar-refractivity contribution in [1.82, 2.24) is 10.3 Å².